The number of likely N-dealkylation sites (N-methyl/N-ethyl adjacent to an activating group) is 1. The summed E-state index contributed by atoms with van der Waals surface area (Å²) in [7, 11) is 1.83. The highest BCUT2D eigenvalue weighted by molar-refractivity contribution is 6.31. The molecule has 2 unspecified atom stereocenters. The Morgan fingerprint density at radius 2 is 2.00 bits per heavy atom. The van der Waals surface area contributed by atoms with Crippen molar-refractivity contribution in [1.29, 1.82) is 0 Å². The van der Waals surface area contributed by atoms with Gasteiger partial charge in [-0.3, -0.25) is 14.5 Å². The number of hydrogen-bond acceptors (Lipinski definition) is 3. The Kier molecular flexibility index (Phi) is 5.56. The number of amides is 2. The molecule has 0 aromatic heterocycles. The topological polar surface area (TPSA) is 52.7 Å². The molecule has 5 nitrogen and oxygen atoms in total. The molecule has 3 aliphatic rings. The number of hydrogen-bond donors (Lipinski definition) is 1. The van der Waals surface area contributed by atoms with E-state index in [0.29, 0.717) is 10.9 Å². The molecule has 0 radical (unpaired) electrons. The minimum atomic E-state index is -0.179. The Bertz CT molecular complexity index is 1130. The molecule has 2 atom stereocenters. The number of anilines is 2. The van der Waals surface area contributed by atoms with Crippen LogP contribution in [0.3, 0.4) is 0 Å². The number of carbonyl (C=O) groups excluding carboxylic acids is 2. The Morgan fingerprint density at radius 1 is 1.16 bits per heavy atom. The Hall–Kier alpha value is -2.63. The SMILES string of the molecule is CC(=O)Nc1ccc2c(c1)C(CN1CC=C(C3C(=O)N(C)c4cc(Cl)ccc43)CC1)CC2. The van der Waals surface area contributed by atoms with Crippen LogP contribution in [0.15, 0.2) is 48.0 Å². The quantitative estimate of drug-likeness (QED) is 0.687. The third-order valence-corrected chi connectivity index (χ3v) is 7.32. The summed E-state index contributed by atoms with van der Waals surface area (Å²) in [5.74, 6) is 0.402. The van der Waals surface area contributed by atoms with Gasteiger partial charge in [0.2, 0.25) is 11.8 Å². The molecule has 1 aliphatic carbocycles. The zero-order valence-electron chi connectivity index (χ0n) is 18.5. The van der Waals surface area contributed by atoms with Crippen molar-refractivity contribution in [2.24, 2.45) is 0 Å². The molecule has 2 aromatic carbocycles. The van der Waals surface area contributed by atoms with Crippen LogP contribution in [0.2, 0.25) is 5.02 Å². The zero-order valence-corrected chi connectivity index (χ0v) is 19.3. The first-order valence-electron chi connectivity index (χ1n) is 11.3. The molecule has 32 heavy (non-hydrogen) atoms. The van der Waals surface area contributed by atoms with Gasteiger partial charge in [0.25, 0.3) is 0 Å². The molecule has 2 heterocycles. The predicted octanol–water partition coefficient (Wildman–Crippen LogP) is 4.72. The summed E-state index contributed by atoms with van der Waals surface area (Å²) < 4.78 is 0. The molecule has 1 N–H and O–H groups in total. The minimum Gasteiger partial charge on any atom is -0.326 e. The highest BCUT2D eigenvalue weighted by atomic mass is 35.5. The average molecular weight is 450 g/mol. The normalized spacial score (nSPS) is 22.5. The van der Waals surface area contributed by atoms with Crippen LogP contribution in [0.1, 0.15) is 48.3 Å². The van der Waals surface area contributed by atoms with Gasteiger partial charge in [0.1, 0.15) is 0 Å². The number of halogens is 1. The summed E-state index contributed by atoms with van der Waals surface area (Å²) >= 11 is 6.16. The van der Waals surface area contributed by atoms with Crippen molar-refractivity contribution in [1.82, 2.24) is 4.90 Å². The summed E-state index contributed by atoms with van der Waals surface area (Å²) in [5, 5.41) is 3.57. The lowest BCUT2D eigenvalue weighted by Gasteiger charge is -2.30. The summed E-state index contributed by atoms with van der Waals surface area (Å²) in [6.45, 7) is 4.37. The van der Waals surface area contributed by atoms with Crippen molar-refractivity contribution < 1.29 is 9.59 Å². The maximum atomic E-state index is 13.0. The van der Waals surface area contributed by atoms with E-state index in [2.05, 4.69) is 28.4 Å². The lowest BCUT2D eigenvalue weighted by atomic mass is 9.88. The minimum absolute atomic E-state index is 0.0378. The van der Waals surface area contributed by atoms with E-state index in [1.807, 2.05) is 31.3 Å². The second kappa shape index (κ2) is 8.38. The lowest BCUT2D eigenvalue weighted by molar-refractivity contribution is -0.118. The van der Waals surface area contributed by atoms with Gasteiger partial charge in [-0.25, -0.2) is 0 Å². The third-order valence-electron chi connectivity index (χ3n) is 7.09. The number of carbonyl (C=O) groups is 2. The van der Waals surface area contributed by atoms with Crippen LogP contribution in [0, 0.1) is 0 Å². The second-order valence-corrected chi connectivity index (χ2v) is 9.59. The standard InChI is InChI=1S/C26H28ClN3O2/c1-16(31)28-21-7-5-17-3-4-19(23(17)14-21)15-30-11-9-18(10-12-30)25-22-8-6-20(27)13-24(22)29(2)26(25)32/h5-9,13-14,19,25H,3-4,10-12,15H2,1-2H3,(H,28,31). The Labute approximate surface area is 194 Å². The maximum Gasteiger partial charge on any atom is 0.238 e. The summed E-state index contributed by atoms with van der Waals surface area (Å²) in [6.07, 6.45) is 5.40. The first-order valence-corrected chi connectivity index (χ1v) is 11.7. The van der Waals surface area contributed by atoms with Crippen molar-refractivity contribution in [2.45, 2.75) is 38.0 Å². The Balaban J connectivity index is 1.29. The number of rotatable bonds is 4. The fourth-order valence-electron chi connectivity index (χ4n) is 5.48. The van der Waals surface area contributed by atoms with Crippen LogP contribution in [0.5, 0.6) is 0 Å². The van der Waals surface area contributed by atoms with Gasteiger partial charge in [-0.2, -0.15) is 0 Å². The van der Waals surface area contributed by atoms with Crippen LogP contribution in [-0.4, -0.2) is 43.4 Å². The van der Waals surface area contributed by atoms with Crippen molar-refractivity contribution in [3.63, 3.8) is 0 Å². The number of benzene rings is 2. The molecule has 2 aliphatic heterocycles. The highest BCUT2D eigenvalue weighted by Gasteiger charge is 2.38. The van der Waals surface area contributed by atoms with Crippen molar-refractivity contribution in [3.05, 3.63) is 69.8 Å². The molecule has 2 aromatic rings. The van der Waals surface area contributed by atoms with Crippen LogP contribution in [-0.2, 0) is 16.0 Å². The van der Waals surface area contributed by atoms with Crippen molar-refractivity contribution in [3.8, 4) is 0 Å². The number of aryl methyl sites for hydroxylation is 1. The molecule has 0 bridgehead atoms. The fraction of sp³-hybridized carbons (Fsp3) is 0.385. The number of nitrogens with one attached hydrogen (secondary N) is 1. The molecule has 0 saturated carbocycles. The largest absolute Gasteiger partial charge is 0.326 e. The van der Waals surface area contributed by atoms with Crippen LogP contribution >= 0.6 is 11.6 Å². The zero-order chi connectivity index (χ0) is 22.4. The summed E-state index contributed by atoms with van der Waals surface area (Å²) in [6, 6.07) is 12.1. The summed E-state index contributed by atoms with van der Waals surface area (Å²) in [5.41, 5.74) is 6.85. The smallest absolute Gasteiger partial charge is 0.238 e. The maximum absolute atomic E-state index is 13.0. The van der Waals surface area contributed by atoms with E-state index in [0.717, 1.165) is 55.8 Å². The molecule has 5 rings (SSSR count). The van der Waals surface area contributed by atoms with E-state index in [1.54, 1.807) is 11.8 Å². The lowest BCUT2D eigenvalue weighted by Crippen LogP contribution is -2.34. The van der Waals surface area contributed by atoms with E-state index >= 15 is 0 Å². The van der Waals surface area contributed by atoms with Crippen molar-refractivity contribution in [2.75, 3.05) is 36.9 Å². The Morgan fingerprint density at radius 3 is 2.75 bits per heavy atom. The monoisotopic (exact) mass is 449 g/mol. The van der Waals surface area contributed by atoms with Gasteiger partial charge in [0.15, 0.2) is 0 Å². The molecule has 2 amide bonds. The van der Waals surface area contributed by atoms with Crippen LogP contribution in [0.4, 0.5) is 11.4 Å². The van der Waals surface area contributed by atoms with E-state index in [9.17, 15) is 9.59 Å². The van der Waals surface area contributed by atoms with E-state index in [1.165, 1.54) is 16.7 Å². The molecule has 0 spiro atoms. The van der Waals surface area contributed by atoms with Gasteiger partial charge < -0.3 is 10.2 Å². The molecular formula is C26H28ClN3O2. The van der Waals surface area contributed by atoms with Crippen LogP contribution in [0.25, 0.3) is 0 Å². The molecule has 166 valence electrons. The highest BCUT2D eigenvalue weighted by Crippen LogP contribution is 2.43. The fourth-order valence-corrected chi connectivity index (χ4v) is 5.65. The van der Waals surface area contributed by atoms with Gasteiger partial charge in [-0.15, -0.1) is 0 Å². The van der Waals surface area contributed by atoms with Gasteiger partial charge in [0, 0.05) is 50.0 Å². The van der Waals surface area contributed by atoms with E-state index in [4.69, 9.17) is 11.6 Å². The van der Waals surface area contributed by atoms with Crippen LogP contribution < -0.4 is 10.2 Å². The predicted molar refractivity (Wildman–Crippen MR) is 129 cm³/mol. The third kappa shape index (κ3) is 3.84. The summed E-state index contributed by atoms with van der Waals surface area (Å²) in [4.78, 5) is 28.6. The second-order valence-electron chi connectivity index (χ2n) is 9.15. The van der Waals surface area contributed by atoms with Crippen molar-refractivity contribution >= 4 is 34.8 Å². The van der Waals surface area contributed by atoms with Gasteiger partial charge in [-0.1, -0.05) is 35.4 Å². The first kappa shape index (κ1) is 21.2. The number of fused-ring (bicyclic) bond motifs is 2. The average Bonchev–Trinajstić information content (AvgIpc) is 3.27. The molecule has 6 heteroatoms. The molecule has 0 fully saturated rings. The first-order chi connectivity index (χ1) is 15.4. The number of nitrogens with zero attached hydrogens (tertiary/aromatic N) is 2. The van der Waals surface area contributed by atoms with Gasteiger partial charge in [0.05, 0.1) is 5.92 Å². The molecular weight excluding hydrogens is 422 g/mol. The van der Waals surface area contributed by atoms with Gasteiger partial charge in [-0.05, 0) is 66.1 Å². The van der Waals surface area contributed by atoms with E-state index < -0.39 is 0 Å². The van der Waals surface area contributed by atoms with Gasteiger partial charge >= 0.3 is 0 Å². The van der Waals surface area contributed by atoms with E-state index in [-0.39, 0.29) is 17.7 Å². The molecule has 0 saturated heterocycles.